The van der Waals surface area contributed by atoms with Gasteiger partial charge in [-0.2, -0.15) is 0 Å². The first-order valence-electron chi connectivity index (χ1n) is 7.52. The van der Waals surface area contributed by atoms with Crippen LogP contribution in [0.3, 0.4) is 0 Å². The van der Waals surface area contributed by atoms with E-state index in [2.05, 4.69) is 68.8 Å². The fraction of sp³-hybridized carbons (Fsp3) is 0.588. The number of aliphatic imine (C=N–C) groups is 1. The van der Waals surface area contributed by atoms with E-state index in [0.29, 0.717) is 17.8 Å². The van der Waals surface area contributed by atoms with Gasteiger partial charge in [0, 0.05) is 6.54 Å². The van der Waals surface area contributed by atoms with Crippen LogP contribution in [0.2, 0.25) is 0 Å². The number of guanidine groups is 1. The average Bonchev–Trinajstić information content (AvgIpc) is 2.68. The fourth-order valence-electron chi connectivity index (χ4n) is 2.79. The number of rotatable bonds is 4. The van der Waals surface area contributed by atoms with Crippen LogP contribution in [0.5, 0.6) is 0 Å². The summed E-state index contributed by atoms with van der Waals surface area (Å²) in [6.07, 6.45) is 0. The third-order valence-electron chi connectivity index (χ3n) is 4.17. The Hall–Kier alpha value is -1.51. The van der Waals surface area contributed by atoms with E-state index in [1.54, 1.807) is 0 Å². The molecule has 0 fully saturated rings. The van der Waals surface area contributed by atoms with E-state index in [9.17, 15) is 0 Å². The Labute approximate surface area is 122 Å². The lowest BCUT2D eigenvalue weighted by molar-refractivity contribution is 0.204. The zero-order chi connectivity index (χ0) is 14.9. The predicted molar refractivity (Wildman–Crippen MR) is 85.9 cm³/mol. The Morgan fingerprint density at radius 1 is 1.20 bits per heavy atom. The number of benzene rings is 1. The first-order valence-corrected chi connectivity index (χ1v) is 7.52. The molecule has 1 unspecified atom stereocenters. The standard InChI is InChI=1S/C17H27N3/c1-12(2)10-20-16(18)19-11-17(20,5)15-8-6-14(7-9-15)13(3)4/h6-9,12-13H,10-11H2,1-5H3,(H2,18,19). The molecular weight excluding hydrogens is 246 g/mol. The maximum atomic E-state index is 6.09. The molecule has 0 bridgehead atoms. The minimum atomic E-state index is -0.107. The summed E-state index contributed by atoms with van der Waals surface area (Å²) in [4.78, 5) is 6.73. The molecule has 1 aliphatic rings. The highest BCUT2D eigenvalue weighted by Gasteiger charge is 2.39. The summed E-state index contributed by atoms with van der Waals surface area (Å²) in [6.45, 7) is 12.8. The Morgan fingerprint density at radius 2 is 1.80 bits per heavy atom. The summed E-state index contributed by atoms with van der Waals surface area (Å²) in [5.41, 5.74) is 8.66. The lowest BCUT2D eigenvalue weighted by atomic mass is 9.88. The smallest absolute Gasteiger partial charge is 0.192 e. The van der Waals surface area contributed by atoms with Gasteiger partial charge in [0.1, 0.15) is 0 Å². The molecule has 20 heavy (non-hydrogen) atoms. The van der Waals surface area contributed by atoms with Crippen LogP contribution in [-0.2, 0) is 5.54 Å². The van der Waals surface area contributed by atoms with Gasteiger partial charge in [0.15, 0.2) is 5.96 Å². The molecule has 3 heteroatoms. The van der Waals surface area contributed by atoms with Crippen molar-refractivity contribution in [3.05, 3.63) is 35.4 Å². The van der Waals surface area contributed by atoms with Gasteiger partial charge in [-0.05, 0) is 29.9 Å². The molecule has 1 aromatic rings. The fourth-order valence-corrected chi connectivity index (χ4v) is 2.79. The van der Waals surface area contributed by atoms with Gasteiger partial charge in [0.25, 0.3) is 0 Å². The van der Waals surface area contributed by atoms with E-state index in [1.807, 2.05) is 0 Å². The van der Waals surface area contributed by atoms with Crippen LogP contribution in [0, 0.1) is 5.92 Å². The van der Waals surface area contributed by atoms with Crippen molar-refractivity contribution in [3.63, 3.8) is 0 Å². The first-order chi connectivity index (χ1) is 9.34. The molecule has 0 aliphatic carbocycles. The first kappa shape index (κ1) is 14.9. The molecule has 0 aromatic heterocycles. The average molecular weight is 273 g/mol. The van der Waals surface area contributed by atoms with E-state index in [4.69, 9.17) is 5.73 Å². The second kappa shape index (κ2) is 5.47. The van der Waals surface area contributed by atoms with E-state index >= 15 is 0 Å². The lowest BCUT2D eigenvalue weighted by Crippen LogP contribution is -2.49. The highest BCUT2D eigenvalue weighted by Crippen LogP contribution is 2.33. The van der Waals surface area contributed by atoms with Crippen LogP contribution in [0.25, 0.3) is 0 Å². The highest BCUT2D eigenvalue weighted by molar-refractivity contribution is 5.81. The largest absolute Gasteiger partial charge is 0.370 e. The van der Waals surface area contributed by atoms with Gasteiger partial charge in [-0.25, -0.2) is 0 Å². The molecule has 0 spiro atoms. The number of nitrogens with two attached hydrogens (primary N) is 1. The second-order valence-electron chi connectivity index (χ2n) is 6.73. The maximum absolute atomic E-state index is 6.09. The zero-order valence-corrected chi connectivity index (χ0v) is 13.4. The summed E-state index contributed by atoms with van der Waals surface area (Å²) >= 11 is 0. The molecular formula is C17H27N3. The van der Waals surface area contributed by atoms with Gasteiger partial charge in [0.05, 0.1) is 12.1 Å². The van der Waals surface area contributed by atoms with Gasteiger partial charge < -0.3 is 10.6 Å². The highest BCUT2D eigenvalue weighted by atomic mass is 15.4. The van der Waals surface area contributed by atoms with Crippen LogP contribution in [0.15, 0.2) is 29.3 Å². The predicted octanol–water partition coefficient (Wildman–Crippen LogP) is 3.31. The van der Waals surface area contributed by atoms with Crippen molar-refractivity contribution in [2.45, 2.75) is 46.1 Å². The van der Waals surface area contributed by atoms with Crippen molar-refractivity contribution in [2.24, 2.45) is 16.6 Å². The number of nitrogens with zero attached hydrogens (tertiary/aromatic N) is 2. The van der Waals surface area contributed by atoms with Gasteiger partial charge in [-0.3, -0.25) is 4.99 Å². The van der Waals surface area contributed by atoms with Crippen molar-refractivity contribution < 1.29 is 0 Å². The topological polar surface area (TPSA) is 41.6 Å². The van der Waals surface area contributed by atoms with Crippen molar-refractivity contribution >= 4 is 5.96 Å². The minimum Gasteiger partial charge on any atom is -0.370 e. The molecule has 0 amide bonds. The van der Waals surface area contributed by atoms with E-state index < -0.39 is 0 Å². The van der Waals surface area contributed by atoms with Crippen LogP contribution in [0.4, 0.5) is 0 Å². The monoisotopic (exact) mass is 273 g/mol. The molecule has 0 radical (unpaired) electrons. The molecule has 1 aliphatic heterocycles. The lowest BCUT2D eigenvalue weighted by Gasteiger charge is -2.38. The SMILES string of the molecule is CC(C)CN1C(N)=NCC1(C)c1ccc(C(C)C)cc1. The van der Waals surface area contributed by atoms with E-state index in [0.717, 1.165) is 13.1 Å². The summed E-state index contributed by atoms with van der Waals surface area (Å²) in [7, 11) is 0. The summed E-state index contributed by atoms with van der Waals surface area (Å²) in [6, 6.07) is 8.92. The van der Waals surface area contributed by atoms with Gasteiger partial charge in [-0.15, -0.1) is 0 Å². The molecule has 0 saturated carbocycles. The van der Waals surface area contributed by atoms with Gasteiger partial charge in [-0.1, -0.05) is 52.0 Å². The maximum Gasteiger partial charge on any atom is 0.192 e. The number of hydrogen-bond donors (Lipinski definition) is 1. The normalized spacial score (nSPS) is 22.8. The quantitative estimate of drug-likeness (QED) is 0.914. The Bertz CT molecular complexity index is 487. The summed E-state index contributed by atoms with van der Waals surface area (Å²) in [5, 5.41) is 0. The molecule has 0 saturated heterocycles. The summed E-state index contributed by atoms with van der Waals surface area (Å²) in [5.74, 6) is 1.80. The minimum absolute atomic E-state index is 0.107. The van der Waals surface area contributed by atoms with E-state index in [-0.39, 0.29) is 5.54 Å². The van der Waals surface area contributed by atoms with Crippen LogP contribution in [-0.4, -0.2) is 23.9 Å². The zero-order valence-electron chi connectivity index (χ0n) is 13.4. The molecule has 2 N–H and O–H groups in total. The van der Waals surface area contributed by atoms with Crippen LogP contribution in [0.1, 0.15) is 51.7 Å². The number of hydrogen-bond acceptors (Lipinski definition) is 3. The van der Waals surface area contributed by atoms with Gasteiger partial charge >= 0.3 is 0 Å². The Morgan fingerprint density at radius 3 is 2.30 bits per heavy atom. The van der Waals surface area contributed by atoms with Gasteiger partial charge in [0.2, 0.25) is 0 Å². The third-order valence-corrected chi connectivity index (χ3v) is 4.17. The molecule has 1 atom stereocenters. The van der Waals surface area contributed by atoms with Crippen molar-refractivity contribution in [1.29, 1.82) is 0 Å². The van der Waals surface area contributed by atoms with Crippen LogP contribution < -0.4 is 5.73 Å². The Kier molecular flexibility index (Phi) is 4.07. The molecule has 1 aromatic carbocycles. The van der Waals surface area contributed by atoms with Crippen LogP contribution >= 0.6 is 0 Å². The van der Waals surface area contributed by atoms with E-state index in [1.165, 1.54) is 11.1 Å². The second-order valence-corrected chi connectivity index (χ2v) is 6.73. The molecule has 2 rings (SSSR count). The van der Waals surface area contributed by atoms with Crippen molar-refractivity contribution in [1.82, 2.24) is 4.90 Å². The van der Waals surface area contributed by atoms with Crippen molar-refractivity contribution in [2.75, 3.05) is 13.1 Å². The molecule has 1 heterocycles. The third kappa shape index (κ3) is 2.67. The Balaban J connectivity index is 2.29. The molecule has 110 valence electrons. The van der Waals surface area contributed by atoms with Crippen molar-refractivity contribution in [3.8, 4) is 0 Å². The molecule has 3 nitrogen and oxygen atoms in total. The summed E-state index contributed by atoms with van der Waals surface area (Å²) < 4.78 is 0.